The van der Waals surface area contributed by atoms with E-state index in [0.717, 1.165) is 109 Å². The predicted molar refractivity (Wildman–Crippen MR) is 260 cm³/mol. The van der Waals surface area contributed by atoms with E-state index in [1.807, 2.05) is 0 Å². The number of hydrogen-bond acceptors (Lipinski definition) is 5. The first-order chi connectivity index (χ1) is 29.6. The molecule has 0 spiro atoms. The fourth-order valence-corrected chi connectivity index (χ4v) is 6.49. The van der Waals surface area contributed by atoms with Gasteiger partial charge < -0.3 is 14.2 Å². The third-order valence-electron chi connectivity index (χ3n) is 10.1. The molecule has 0 fully saturated rings. The summed E-state index contributed by atoms with van der Waals surface area (Å²) >= 11 is 0. The van der Waals surface area contributed by atoms with E-state index in [4.69, 9.17) is 14.2 Å². The van der Waals surface area contributed by atoms with Gasteiger partial charge in [-0.3, -0.25) is 9.59 Å². The summed E-state index contributed by atoms with van der Waals surface area (Å²) in [6.07, 6.45) is 67.0. The molecule has 0 aromatic rings. The summed E-state index contributed by atoms with van der Waals surface area (Å²) in [6, 6.07) is 0. The summed E-state index contributed by atoms with van der Waals surface area (Å²) in [5.74, 6) is -0.458. The Bertz CT molecular complexity index is 1170. The highest BCUT2D eigenvalue weighted by molar-refractivity contribution is 5.70. The molecule has 60 heavy (non-hydrogen) atoms. The van der Waals surface area contributed by atoms with E-state index < -0.39 is 6.10 Å². The minimum absolute atomic E-state index is 0.0493. The second-order valence-corrected chi connectivity index (χ2v) is 16.0. The Balaban J connectivity index is 4.39. The van der Waals surface area contributed by atoms with Gasteiger partial charge in [-0.2, -0.15) is 0 Å². The Hall–Kier alpha value is -3.18. The highest BCUT2D eigenvalue weighted by Crippen LogP contribution is 2.14. The molecule has 342 valence electrons. The van der Waals surface area contributed by atoms with Crippen molar-refractivity contribution in [1.29, 1.82) is 0 Å². The number of esters is 2. The molecule has 5 nitrogen and oxygen atoms in total. The zero-order valence-electron chi connectivity index (χ0n) is 39.2. The summed E-state index contributed by atoms with van der Waals surface area (Å²) in [4.78, 5) is 25.3. The average Bonchev–Trinajstić information content (AvgIpc) is 3.25. The Labute approximate surface area is 371 Å². The Morgan fingerprint density at radius 3 is 1.20 bits per heavy atom. The number of carbonyl (C=O) groups is 2. The lowest BCUT2D eigenvalue weighted by Gasteiger charge is -2.18. The number of rotatable bonds is 44. The number of hydrogen-bond donors (Lipinski definition) is 0. The van der Waals surface area contributed by atoms with Gasteiger partial charge >= 0.3 is 11.9 Å². The molecule has 0 saturated heterocycles. The molecule has 0 aliphatic rings. The van der Waals surface area contributed by atoms with Crippen molar-refractivity contribution in [3.8, 4) is 0 Å². The van der Waals surface area contributed by atoms with E-state index in [-0.39, 0.29) is 25.2 Å². The monoisotopic (exact) mass is 833 g/mol. The maximum absolute atomic E-state index is 12.8. The topological polar surface area (TPSA) is 61.8 Å². The van der Waals surface area contributed by atoms with Crippen LogP contribution in [0, 0.1) is 0 Å². The molecule has 0 aromatic carbocycles. The number of unbranched alkanes of at least 4 members (excludes halogenated alkanes) is 17. The van der Waals surface area contributed by atoms with Crippen LogP contribution in [0.15, 0.2) is 97.2 Å². The third kappa shape index (κ3) is 47.5. The maximum atomic E-state index is 12.8. The SMILES string of the molecule is CC/C=C\C/C=C\C/C=C\C/C=C\C/C=C\CCCCOCC(COC(=O)CCCCC/C=C\C/C=C\C/C=C\CC)OC(=O)CCCCCCCCCCCCCCC. The first-order valence-corrected chi connectivity index (χ1v) is 24.8. The predicted octanol–water partition coefficient (Wildman–Crippen LogP) is 16.7. The third-order valence-corrected chi connectivity index (χ3v) is 10.1. The van der Waals surface area contributed by atoms with Crippen molar-refractivity contribution in [2.24, 2.45) is 0 Å². The van der Waals surface area contributed by atoms with Crippen molar-refractivity contribution in [3.63, 3.8) is 0 Å². The van der Waals surface area contributed by atoms with Gasteiger partial charge in [0.2, 0.25) is 0 Å². The fraction of sp³-hybridized carbons (Fsp3) is 0.673. The van der Waals surface area contributed by atoms with Crippen LogP contribution < -0.4 is 0 Å². The summed E-state index contributed by atoms with van der Waals surface area (Å²) in [5, 5.41) is 0. The lowest BCUT2D eigenvalue weighted by Crippen LogP contribution is -2.30. The number of ether oxygens (including phenoxy) is 3. The first kappa shape index (κ1) is 56.8. The summed E-state index contributed by atoms with van der Waals surface area (Å²) < 4.78 is 17.3. The van der Waals surface area contributed by atoms with Gasteiger partial charge in [0, 0.05) is 19.4 Å². The van der Waals surface area contributed by atoms with Gasteiger partial charge in [-0.1, -0.05) is 201 Å². The van der Waals surface area contributed by atoms with E-state index in [9.17, 15) is 9.59 Å². The molecule has 0 rings (SSSR count). The molecule has 0 aliphatic carbocycles. The second-order valence-electron chi connectivity index (χ2n) is 16.0. The van der Waals surface area contributed by atoms with Gasteiger partial charge in [0.25, 0.3) is 0 Å². The molecule has 0 amide bonds. The van der Waals surface area contributed by atoms with Crippen LogP contribution in [0.4, 0.5) is 0 Å². The highest BCUT2D eigenvalue weighted by Gasteiger charge is 2.17. The van der Waals surface area contributed by atoms with Crippen molar-refractivity contribution >= 4 is 11.9 Å². The molecule has 1 atom stereocenters. The maximum Gasteiger partial charge on any atom is 0.306 e. The molecule has 5 heteroatoms. The van der Waals surface area contributed by atoms with Crippen LogP contribution in [0.3, 0.4) is 0 Å². The standard InChI is InChI=1S/C55H92O5/c1-4-7-10-13-16-19-22-25-26-27-28-29-32-35-38-41-44-47-50-58-51-53(60-55(57)49-46-43-40-37-34-31-24-21-18-15-12-9-6-3)52-59-54(56)48-45-42-39-36-33-30-23-20-17-14-11-8-5-2/h7-8,10-11,16-17,19-20,25-26,28-30,33,35,38,53H,4-6,9,12-15,18,21-24,27,31-32,34,36-37,39-52H2,1-3H3/b10-7-,11-8-,19-16-,20-17-,26-25-,29-28-,33-30-,38-35-. The molecular formula is C55H92O5. The zero-order valence-corrected chi connectivity index (χ0v) is 39.2. The van der Waals surface area contributed by atoms with Crippen molar-refractivity contribution in [3.05, 3.63) is 97.2 Å². The van der Waals surface area contributed by atoms with Gasteiger partial charge in [-0.25, -0.2) is 0 Å². The van der Waals surface area contributed by atoms with Crippen molar-refractivity contribution in [1.82, 2.24) is 0 Å². The molecule has 0 saturated carbocycles. The van der Waals surface area contributed by atoms with Crippen molar-refractivity contribution < 1.29 is 23.8 Å². The molecular weight excluding hydrogens is 741 g/mol. The average molecular weight is 833 g/mol. The van der Waals surface area contributed by atoms with Gasteiger partial charge in [0.15, 0.2) is 6.10 Å². The summed E-state index contributed by atoms with van der Waals surface area (Å²) in [5.41, 5.74) is 0. The van der Waals surface area contributed by atoms with Crippen LogP contribution in [0.5, 0.6) is 0 Å². The van der Waals surface area contributed by atoms with Gasteiger partial charge in [-0.15, -0.1) is 0 Å². The summed E-state index contributed by atoms with van der Waals surface area (Å²) in [7, 11) is 0. The Kier molecular flexibility index (Phi) is 47.5. The van der Waals surface area contributed by atoms with E-state index in [2.05, 4.69) is 118 Å². The second kappa shape index (κ2) is 50.2. The van der Waals surface area contributed by atoms with Gasteiger partial charge in [0.05, 0.1) is 6.61 Å². The van der Waals surface area contributed by atoms with Crippen molar-refractivity contribution in [2.45, 2.75) is 219 Å². The largest absolute Gasteiger partial charge is 0.462 e. The van der Waals surface area contributed by atoms with E-state index >= 15 is 0 Å². The molecule has 0 aliphatic heterocycles. The molecule has 0 bridgehead atoms. The minimum atomic E-state index is -0.573. The van der Waals surface area contributed by atoms with E-state index in [1.165, 1.54) is 70.6 Å². The van der Waals surface area contributed by atoms with E-state index in [0.29, 0.717) is 19.4 Å². The minimum Gasteiger partial charge on any atom is -0.462 e. The van der Waals surface area contributed by atoms with Crippen LogP contribution >= 0.6 is 0 Å². The van der Waals surface area contributed by atoms with E-state index in [1.54, 1.807) is 0 Å². The first-order valence-electron chi connectivity index (χ1n) is 24.8. The smallest absolute Gasteiger partial charge is 0.306 e. The van der Waals surface area contributed by atoms with Crippen LogP contribution in [0.2, 0.25) is 0 Å². The Morgan fingerprint density at radius 2 is 0.750 bits per heavy atom. The van der Waals surface area contributed by atoms with Crippen molar-refractivity contribution in [2.75, 3.05) is 19.8 Å². The van der Waals surface area contributed by atoms with Crippen LogP contribution in [0.25, 0.3) is 0 Å². The highest BCUT2D eigenvalue weighted by atomic mass is 16.6. The molecule has 0 heterocycles. The van der Waals surface area contributed by atoms with Crippen LogP contribution in [0.1, 0.15) is 213 Å². The summed E-state index contributed by atoms with van der Waals surface area (Å²) in [6.45, 7) is 7.46. The van der Waals surface area contributed by atoms with Gasteiger partial charge in [-0.05, 0) is 96.3 Å². The number of allylic oxidation sites excluding steroid dienone is 16. The quantitative estimate of drug-likeness (QED) is 0.0348. The number of carbonyl (C=O) groups excluding carboxylic acids is 2. The fourth-order valence-electron chi connectivity index (χ4n) is 6.49. The normalized spacial score (nSPS) is 13.1. The lowest BCUT2D eigenvalue weighted by molar-refractivity contribution is -0.163. The molecule has 0 aromatic heterocycles. The lowest BCUT2D eigenvalue weighted by atomic mass is 10.0. The zero-order chi connectivity index (χ0) is 43.5. The van der Waals surface area contributed by atoms with Crippen LogP contribution in [-0.2, 0) is 23.8 Å². The van der Waals surface area contributed by atoms with Crippen LogP contribution in [-0.4, -0.2) is 37.9 Å². The Morgan fingerprint density at radius 1 is 0.383 bits per heavy atom. The molecule has 0 radical (unpaired) electrons. The molecule has 0 N–H and O–H groups in total. The molecule has 1 unspecified atom stereocenters. The van der Waals surface area contributed by atoms with Gasteiger partial charge in [0.1, 0.15) is 6.61 Å².